The van der Waals surface area contributed by atoms with E-state index in [2.05, 4.69) is 41.6 Å². The van der Waals surface area contributed by atoms with Gasteiger partial charge in [-0.1, -0.05) is 32.0 Å². The Hall–Kier alpha value is -3.54. The summed E-state index contributed by atoms with van der Waals surface area (Å²) in [6, 6.07) is 17.4. The predicted molar refractivity (Wildman–Crippen MR) is 112 cm³/mol. The zero-order valence-electron chi connectivity index (χ0n) is 16.4. The summed E-state index contributed by atoms with van der Waals surface area (Å²) in [5.41, 5.74) is 3.70. The number of pyridine rings is 1. The Bertz CT molecular complexity index is 999. The minimum atomic E-state index is -0.178. The topological polar surface area (TPSA) is 72.5 Å². The molecule has 0 saturated carbocycles. The highest BCUT2D eigenvalue weighted by atomic mass is 16.7. The largest absolute Gasteiger partial charge is 0.454 e. The predicted octanol–water partition coefficient (Wildman–Crippen LogP) is 4.61. The van der Waals surface area contributed by atoms with Gasteiger partial charge >= 0.3 is 0 Å². The van der Waals surface area contributed by atoms with Crippen LogP contribution in [-0.4, -0.2) is 17.7 Å². The molecule has 0 radical (unpaired) electrons. The highest BCUT2D eigenvalue weighted by Crippen LogP contribution is 2.32. The molecule has 148 valence electrons. The van der Waals surface area contributed by atoms with E-state index in [0.29, 0.717) is 29.6 Å². The van der Waals surface area contributed by atoms with E-state index in [0.717, 1.165) is 17.0 Å². The molecule has 3 aromatic rings. The Labute approximate surface area is 169 Å². The van der Waals surface area contributed by atoms with Gasteiger partial charge in [-0.2, -0.15) is 0 Å². The monoisotopic (exact) mass is 389 g/mol. The maximum atomic E-state index is 12.4. The molecule has 0 spiro atoms. The SMILES string of the molecule is CC(C)c1ccc(Nc2ccc(C(=O)NCc3ccc4c(c3)OCO4)cn2)cc1. The minimum absolute atomic E-state index is 0.178. The van der Waals surface area contributed by atoms with Crippen molar-refractivity contribution < 1.29 is 14.3 Å². The normalized spacial score (nSPS) is 12.1. The van der Waals surface area contributed by atoms with Gasteiger partial charge in [0.05, 0.1) is 5.56 Å². The summed E-state index contributed by atoms with van der Waals surface area (Å²) in [5, 5.41) is 6.15. The molecule has 1 aliphatic heterocycles. The van der Waals surface area contributed by atoms with Crippen LogP contribution in [0.3, 0.4) is 0 Å². The fourth-order valence-corrected chi connectivity index (χ4v) is 3.04. The third kappa shape index (κ3) is 4.48. The summed E-state index contributed by atoms with van der Waals surface area (Å²) < 4.78 is 10.7. The molecule has 1 aromatic heterocycles. The van der Waals surface area contributed by atoms with Gasteiger partial charge in [-0.05, 0) is 53.4 Å². The van der Waals surface area contributed by atoms with Gasteiger partial charge in [-0.3, -0.25) is 4.79 Å². The highest BCUT2D eigenvalue weighted by Gasteiger charge is 2.14. The molecular weight excluding hydrogens is 366 g/mol. The van der Waals surface area contributed by atoms with E-state index in [9.17, 15) is 4.79 Å². The maximum absolute atomic E-state index is 12.4. The Morgan fingerprint density at radius 1 is 1.03 bits per heavy atom. The molecule has 4 rings (SSSR count). The van der Waals surface area contributed by atoms with Gasteiger partial charge < -0.3 is 20.1 Å². The van der Waals surface area contributed by atoms with Crippen molar-refractivity contribution >= 4 is 17.4 Å². The first-order valence-electron chi connectivity index (χ1n) is 9.58. The molecule has 6 heteroatoms. The number of hydrogen-bond acceptors (Lipinski definition) is 5. The van der Waals surface area contributed by atoms with Crippen molar-refractivity contribution in [2.45, 2.75) is 26.3 Å². The Balaban J connectivity index is 1.34. The molecule has 0 fully saturated rings. The van der Waals surface area contributed by atoms with Crippen molar-refractivity contribution in [2.75, 3.05) is 12.1 Å². The number of ether oxygens (including phenoxy) is 2. The van der Waals surface area contributed by atoms with Crippen LogP contribution in [0.4, 0.5) is 11.5 Å². The number of hydrogen-bond donors (Lipinski definition) is 2. The number of carbonyl (C=O) groups excluding carboxylic acids is 1. The molecule has 6 nitrogen and oxygen atoms in total. The molecule has 0 atom stereocenters. The molecule has 1 amide bonds. The van der Waals surface area contributed by atoms with E-state index in [1.807, 2.05) is 30.3 Å². The number of carbonyl (C=O) groups is 1. The molecule has 0 saturated heterocycles. The summed E-state index contributed by atoms with van der Waals surface area (Å²) in [7, 11) is 0. The third-order valence-corrected chi connectivity index (χ3v) is 4.77. The number of amides is 1. The molecular formula is C23H23N3O3. The Kier molecular flexibility index (Phi) is 5.33. The van der Waals surface area contributed by atoms with Crippen LogP contribution in [0, 0.1) is 0 Å². The van der Waals surface area contributed by atoms with Crippen LogP contribution in [0.5, 0.6) is 11.5 Å². The molecule has 0 unspecified atom stereocenters. The Morgan fingerprint density at radius 2 is 1.83 bits per heavy atom. The zero-order valence-corrected chi connectivity index (χ0v) is 16.4. The van der Waals surface area contributed by atoms with Gasteiger partial charge in [-0.25, -0.2) is 4.98 Å². The summed E-state index contributed by atoms with van der Waals surface area (Å²) in [4.78, 5) is 16.7. The number of nitrogens with one attached hydrogen (secondary N) is 2. The first-order valence-corrected chi connectivity index (χ1v) is 9.58. The zero-order chi connectivity index (χ0) is 20.2. The fraction of sp³-hybridized carbons (Fsp3) is 0.217. The van der Waals surface area contributed by atoms with Gasteiger partial charge in [0, 0.05) is 18.4 Å². The molecule has 0 aliphatic carbocycles. The summed E-state index contributed by atoms with van der Waals surface area (Å²) in [6.07, 6.45) is 1.57. The lowest BCUT2D eigenvalue weighted by Gasteiger charge is -2.10. The first-order chi connectivity index (χ1) is 14.1. The second kappa shape index (κ2) is 8.22. The number of fused-ring (bicyclic) bond motifs is 1. The lowest BCUT2D eigenvalue weighted by molar-refractivity contribution is 0.0950. The van der Waals surface area contributed by atoms with E-state index in [1.165, 1.54) is 5.56 Å². The maximum Gasteiger partial charge on any atom is 0.253 e. The van der Waals surface area contributed by atoms with Gasteiger partial charge in [0.25, 0.3) is 5.91 Å². The van der Waals surface area contributed by atoms with Crippen LogP contribution in [0.2, 0.25) is 0 Å². The van der Waals surface area contributed by atoms with Gasteiger partial charge in [0.15, 0.2) is 11.5 Å². The van der Waals surface area contributed by atoms with E-state index < -0.39 is 0 Å². The van der Waals surface area contributed by atoms with Crippen LogP contribution in [0.25, 0.3) is 0 Å². The molecule has 2 aromatic carbocycles. The highest BCUT2D eigenvalue weighted by molar-refractivity contribution is 5.94. The fourth-order valence-electron chi connectivity index (χ4n) is 3.04. The molecule has 1 aliphatic rings. The average Bonchev–Trinajstić information content (AvgIpc) is 3.21. The van der Waals surface area contributed by atoms with Crippen LogP contribution in [-0.2, 0) is 6.54 Å². The second-order valence-electron chi connectivity index (χ2n) is 7.20. The average molecular weight is 389 g/mol. The van der Waals surface area contributed by atoms with Crippen molar-refractivity contribution in [3.05, 3.63) is 77.5 Å². The van der Waals surface area contributed by atoms with Crippen molar-refractivity contribution in [2.24, 2.45) is 0 Å². The van der Waals surface area contributed by atoms with Gasteiger partial charge in [0.1, 0.15) is 5.82 Å². The van der Waals surface area contributed by atoms with Crippen molar-refractivity contribution in [1.82, 2.24) is 10.3 Å². The lowest BCUT2D eigenvalue weighted by Crippen LogP contribution is -2.22. The van der Waals surface area contributed by atoms with Crippen LogP contribution < -0.4 is 20.1 Å². The number of anilines is 2. The molecule has 2 N–H and O–H groups in total. The van der Waals surface area contributed by atoms with Crippen LogP contribution >= 0.6 is 0 Å². The smallest absolute Gasteiger partial charge is 0.253 e. The van der Waals surface area contributed by atoms with E-state index in [1.54, 1.807) is 18.3 Å². The second-order valence-corrected chi connectivity index (χ2v) is 7.20. The van der Waals surface area contributed by atoms with E-state index >= 15 is 0 Å². The van der Waals surface area contributed by atoms with Crippen molar-refractivity contribution in [3.63, 3.8) is 0 Å². The van der Waals surface area contributed by atoms with Gasteiger partial charge in [-0.15, -0.1) is 0 Å². The van der Waals surface area contributed by atoms with Gasteiger partial charge in [0.2, 0.25) is 6.79 Å². The van der Waals surface area contributed by atoms with Crippen molar-refractivity contribution in [3.8, 4) is 11.5 Å². The quantitative estimate of drug-likeness (QED) is 0.644. The molecule has 29 heavy (non-hydrogen) atoms. The van der Waals surface area contributed by atoms with E-state index in [4.69, 9.17) is 9.47 Å². The van der Waals surface area contributed by atoms with Crippen LogP contribution in [0.1, 0.15) is 41.3 Å². The number of aromatic nitrogens is 1. The van der Waals surface area contributed by atoms with E-state index in [-0.39, 0.29) is 12.7 Å². The number of nitrogens with zero attached hydrogens (tertiary/aromatic N) is 1. The van der Waals surface area contributed by atoms with Crippen molar-refractivity contribution in [1.29, 1.82) is 0 Å². The Morgan fingerprint density at radius 3 is 2.55 bits per heavy atom. The molecule has 0 bridgehead atoms. The third-order valence-electron chi connectivity index (χ3n) is 4.77. The molecule has 2 heterocycles. The summed E-state index contributed by atoms with van der Waals surface area (Å²) >= 11 is 0. The summed E-state index contributed by atoms with van der Waals surface area (Å²) in [5.74, 6) is 2.44. The van der Waals surface area contributed by atoms with Crippen LogP contribution in [0.15, 0.2) is 60.8 Å². The first kappa shape index (κ1) is 18.8. The summed E-state index contributed by atoms with van der Waals surface area (Å²) in [6.45, 7) is 4.97. The number of rotatable bonds is 6. The number of benzene rings is 2. The standard InChI is InChI=1S/C23H23N3O3/c1-15(2)17-4-7-19(8-5-17)26-22-10-6-18(13-24-22)23(27)25-12-16-3-9-20-21(11-16)29-14-28-20/h3-11,13,15H,12,14H2,1-2H3,(H,24,26)(H,25,27). The lowest BCUT2D eigenvalue weighted by atomic mass is 10.0. The minimum Gasteiger partial charge on any atom is -0.454 e.